The van der Waals surface area contributed by atoms with Crippen molar-refractivity contribution >= 4 is 22.8 Å². The second kappa shape index (κ2) is 15.7. The molecule has 0 bridgehead atoms. The van der Waals surface area contributed by atoms with Crippen molar-refractivity contribution < 1.29 is 4.79 Å². The molecule has 0 heterocycles. The maximum absolute atomic E-state index is 13.0. The average Bonchev–Trinajstić information content (AvgIpc) is 2.80. The van der Waals surface area contributed by atoms with Gasteiger partial charge in [-0.3, -0.25) is 4.79 Å². The minimum absolute atomic E-state index is 0.162. The third kappa shape index (κ3) is 9.72. The predicted molar refractivity (Wildman–Crippen MR) is 136 cm³/mol. The number of hydrogen-bond donors (Lipinski definition) is 0. The Morgan fingerprint density at radius 1 is 0.710 bits per heavy atom. The topological polar surface area (TPSA) is 20.3 Å². The fraction of sp³-hybridized carbons (Fsp3) is 0.552. The number of hydrogen-bond acceptors (Lipinski definition) is 1. The Bertz CT molecular complexity index is 758. The molecule has 170 valence electrons. The summed E-state index contributed by atoms with van der Waals surface area (Å²) in [5.41, 5.74) is 1.12. The lowest BCUT2D eigenvalue weighted by Crippen LogP contribution is -2.31. The van der Waals surface area contributed by atoms with E-state index in [0.717, 1.165) is 31.5 Å². The van der Waals surface area contributed by atoms with Crippen LogP contribution in [0.2, 0.25) is 0 Å². The van der Waals surface area contributed by atoms with Gasteiger partial charge in [-0.05, 0) is 35.3 Å². The van der Waals surface area contributed by atoms with E-state index >= 15 is 0 Å². The van der Waals surface area contributed by atoms with E-state index in [4.69, 9.17) is 0 Å². The highest BCUT2D eigenvalue weighted by Gasteiger charge is 2.10. The van der Waals surface area contributed by atoms with Crippen LogP contribution in [0, 0.1) is 0 Å². The Hall–Kier alpha value is -2.09. The summed E-state index contributed by atoms with van der Waals surface area (Å²) in [4.78, 5) is 15.1. The fourth-order valence-electron chi connectivity index (χ4n) is 4.16. The van der Waals surface area contributed by atoms with Crippen molar-refractivity contribution in [3.8, 4) is 0 Å². The first-order valence-electron chi connectivity index (χ1n) is 12.7. The number of fused-ring (bicyclic) bond motifs is 1. The smallest absolute Gasteiger partial charge is 0.246 e. The molecule has 0 saturated carbocycles. The Morgan fingerprint density at radius 2 is 1.26 bits per heavy atom. The summed E-state index contributed by atoms with van der Waals surface area (Å²) < 4.78 is 0. The molecule has 0 saturated heterocycles. The summed E-state index contributed by atoms with van der Waals surface area (Å²) in [6, 6.07) is 14.7. The van der Waals surface area contributed by atoms with Gasteiger partial charge in [0.2, 0.25) is 5.91 Å². The predicted octanol–water partition coefficient (Wildman–Crippen LogP) is 8.40. The molecule has 0 fully saturated rings. The number of benzene rings is 2. The van der Waals surface area contributed by atoms with Crippen LogP contribution in [0.3, 0.4) is 0 Å². The quantitative estimate of drug-likeness (QED) is 0.197. The molecule has 0 aliphatic carbocycles. The molecule has 2 aromatic rings. The maximum atomic E-state index is 13.0. The van der Waals surface area contributed by atoms with Crippen molar-refractivity contribution in [3.05, 3.63) is 54.1 Å². The highest BCUT2D eigenvalue weighted by Crippen LogP contribution is 2.20. The third-order valence-electron chi connectivity index (χ3n) is 6.10. The normalized spacial score (nSPS) is 11.4. The molecule has 2 heteroatoms. The molecule has 0 spiro atoms. The van der Waals surface area contributed by atoms with Gasteiger partial charge in [0.1, 0.15) is 0 Å². The molecule has 0 N–H and O–H groups in total. The molecule has 31 heavy (non-hydrogen) atoms. The lowest BCUT2D eigenvalue weighted by Gasteiger charge is -2.21. The highest BCUT2D eigenvalue weighted by atomic mass is 16.2. The molecule has 0 unspecified atom stereocenters. The van der Waals surface area contributed by atoms with Crippen LogP contribution in [0.4, 0.5) is 0 Å². The fourth-order valence-corrected chi connectivity index (χ4v) is 4.16. The van der Waals surface area contributed by atoms with Crippen molar-refractivity contribution in [2.24, 2.45) is 0 Å². The van der Waals surface area contributed by atoms with Crippen molar-refractivity contribution in [2.75, 3.05) is 13.1 Å². The van der Waals surface area contributed by atoms with Gasteiger partial charge in [0.15, 0.2) is 0 Å². The SMILES string of the molecule is CCCCCCCCN(CCCCCCCC)C(=O)C=Cc1cccc2ccccc12. The van der Waals surface area contributed by atoms with Crippen molar-refractivity contribution in [1.29, 1.82) is 0 Å². The first kappa shape index (κ1) is 25.2. The van der Waals surface area contributed by atoms with Crippen LogP contribution in [0.5, 0.6) is 0 Å². The molecule has 1 amide bonds. The Kier molecular flexibility index (Phi) is 12.7. The van der Waals surface area contributed by atoms with E-state index < -0.39 is 0 Å². The molecule has 0 atom stereocenters. The second-order valence-corrected chi connectivity index (χ2v) is 8.76. The lowest BCUT2D eigenvalue weighted by atomic mass is 10.0. The van der Waals surface area contributed by atoms with Gasteiger partial charge in [-0.2, -0.15) is 0 Å². The number of carbonyl (C=O) groups is 1. The second-order valence-electron chi connectivity index (χ2n) is 8.76. The molecule has 0 aliphatic heterocycles. The summed E-state index contributed by atoms with van der Waals surface area (Å²) in [5, 5.41) is 2.42. The summed E-state index contributed by atoms with van der Waals surface area (Å²) >= 11 is 0. The van der Waals surface area contributed by atoms with E-state index in [-0.39, 0.29) is 5.91 Å². The largest absolute Gasteiger partial charge is 0.339 e. The Morgan fingerprint density at radius 3 is 1.90 bits per heavy atom. The van der Waals surface area contributed by atoms with Gasteiger partial charge in [-0.1, -0.05) is 121 Å². The summed E-state index contributed by atoms with van der Waals surface area (Å²) in [6.45, 7) is 6.28. The molecular weight excluding hydrogens is 378 g/mol. The number of nitrogens with zero attached hydrogens (tertiary/aromatic N) is 1. The van der Waals surface area contributed by atoms with Crippen molar-refractivity contribution in [3.63, 3.8) is 0 Å². The monoisotopic (exact) mass is 421 g/mol. The summed E-state index contributed by atoms with van der Waals surface area (Å²) in [5.74, 6) is 0.162. The highest BCUT2D eigenvalue weighted by molar-refractivity contribution is 5.96. The molecule has 2 rings (SSSR count). The molecule has 2 nitrogen and oxygen atoms in total. The first-order chi connectivity index (χ1) is 15.3. The van der Waals surface area contributed by atoms with E-state index in [9.17, 15) is 4.79 Å². The lowest BCUT2D eigenvalue weighted by molar-refractivity contribution is -0.126. The van der Waals surface area contributed by atoms with E-state index in [0.29, 0.717) is 0 Å². The van der Waals surface area contributed by atoms with Crippen LogP contribution in [0.1, 0.15) is 96.5 Å². The van der Waals surface area contributed by atoms with Gasteiger partial charge in [0.05, 0.1) is 0 Å². The summed E-state index contributed by atoms with van der Waals surface area (Å²) in [6.07, 6.45) is 18.9. The zero-order chi connectivity index (χ0) is 22.2. The first-order valence-corrected chi connectivity index (χ1v) is 12.7. The number of carbonyl (C=O) groups excluding carboxylic acids is 1. The Balaban J connectivity index is 1.92. The van der Waals surface area contributed by atoms with Gasteiger partial charge >= 0.3 is 0 Å². The van der Waals surface area contributed by atoms with Crippen LogP contribution >= 0.6 is 0 Å². The molecule has 0 radical (unpaired) electrons. The average molecular weight is 422 g/mol. The molecule has 2 aromatic carbocycles. The minimum Gasteiger partial charge on any atom is -0.339 e. The van der Waals surface area contributed by atoms with Crippen LogP contribution < -0.4 is 0 Å². The van der Waals surface area contributed by atoms with Crippen molar-refractivity contribution in [2.45, 2.75) is 90.9 Å². The minimum atomic E-state index is 0.162. The molecule has 0 aromatic heterocycles. The number of amides is 1. The van der Waals surface area contributed by atoms with Gasteiger partial charge in [-0.25, -0.2) is 0 Å². The number of unbranched alkanes of at least 4 members (excludes halogenated alkanes) is 10. The van der Waals surface area contributed by atoms with E-state index in [2.05, 4.69) is 61.2 Å². The van der Waals surface area contributed by atoms with Gasteiger partial charge in [0.25, 0.3) is 0 Å². The molecular formula is C29H43NO. The third-order valence-corrected chi connectivity index (χ3v) is 6.10. The Labute approximate surface area is 190 Å². The van der Waals surface area contributed by atoms with Crippen LogP contribution in [-0.2, 0) is 4.79 Å². The maximum Gasteiger partial charge on any atom is 0.246 e. The van der Waals surface area contributed by atoms with Crippen molar-refractivity contribution in [1.82, 2.24) is 4.90 Å². The van der Waals surface area contributed by atoms with E-state index in [1.807, 2.05) is 6.08 Å². The van der Waals surface area contributed by atoms with Gasteiger partial charge < -0.3 is 4.90 Å². The van der Waals surface area contributed by atoms with Gasteiger partial charge in [-0.15, -0.1) is 0 Å². The van der Waals surface area contributed by atoms with E-state index in [1.54, 1.807) is 6.08 Å². The zero-order valence-electron chi connectivity index (χ0n) is 20.0. The zero-order valence-corrected chi connectivity index (χ0v) is 20.0. The van der Waals surface area contributed by atoms with Crippen LogP contribution in [0.15, 0.2) is 48.5 Å². The summed E-state index contributed by atoms with van der Waals surface area (Å²) in [7, 11) is 0. The van der Waals surface area contributed by atoms with Crippen LogP contribution in [-0.4, -0.2) is 23.9 Å². The van der Waals surface area contributed by atoms with E-state index in [1.165, 1.54) is 75.0 Å². The standard InChI is InChI=1S/C29H43NO/c1-3-5-7-9-11-15-24-30(25-16-12-10-8-6-4-2)29(31)23-22-27-20-17-19-26-18-13-14-21-28(26)27/h13-14,17-23H,3-12,15-16,24-25H2,1-2H3. The van der Waals surface area contributed by atoms with Crippen LogP contribution in [0.25, 0.3) is 16.8 Å². The number of rotatable bonds is 16. The molecule has 0 aliphatic rings. The van der Waals surface area contributed by atoms with Gasteiger partial charge in [0, 0.05) is 19.2 Å².